The van der Waals surface area contributed by atoms with Gasteiger partial charge in [0.15, 0.2) is 0 Å². The van der Waals surface area contributed by atoms with Crippen LogP contribution in [0.5, 0.6) is 0 Å². The fourth-order valence-electron chi connectivity index (χ4n) is 2.55. The summed E-state index contributed by atoms with van der Waals surface area (Å²) in [6, 6.07) is 4.80. The van der Waals surface area contributed by atoms with Crippen LogP contribution in [0, 0.1) is 0 Å². The van der Waals surface area contributed by atoms with Crippen molar-refractivity contribution in [2.75, 3.05) is 25.5 Å². The summed E-state index contributed by atoms with van der Waals surface area (Å²) in [5, 5.41) is 14.0. The van der Waals surface area contributed by atoms with E-state index >= 15 is 0 Å². The smallest absolute Gasteiger partial charge is 0.332 e. The number of nitrogens with zero attached hydrogens (tertiary/aromatic N) is 1. The molecule has 1 N–H and O–H groups in total. The molecule has 0 spiro atoms. The molecule has 1 aliphatic rings. The Labute approximate surface area is 112 Å². The summed E-state index contributed by atoms with van der Waals surface area (Å²) < 4.78 is 0.299. The van der Waals surface area contributed by atoms with E-state index in [1.54, 1.807) is 12.1 Å². The highest BCUT2D eigenvalue weighted by Crippen LogP contribution is 2.25. The van der Waals surface area contributed by atoms with E-state index in [1.165, 1.54) is 6.07 Å². The summed E-state index contributed by atoms with van der Waals surface area (Å²) in [6.07, 6.45) is 0.901. The van der Waals surface area contributed by atoms with Gasteiger partial charge in [0.05, 0.1) is 19.6 Å². The highest BCUT2D eigenvalue weighted by molar-refractivity contribution is 5.87. The van der Waals surface area contributed by atoms with Crippen LogP contribution in [0.1, 0.15) is 29.3 Å². The average molecular weight is 262 g/mol. The molecule has 1 aliphatic heterocycles. The Kier molecular flexibility index (Phi) is 3.57. The molecule has 19 heavy (non-hydrogen) atoms. The number of benzene rings is 1. The Morgan fingerprint density at radius 2 is 2.21 bits per heavy atom. The van der Waals surface area contributed by atoms with Crippen LogP contribution in [0.25, 0.3) is 0 Å². The van der Waals surface area contributed by atoms with Gasteiger partial charge in [0, 0.05) is 11.3 Å². The molecule has 2 rings (SSSR count). The minimum atomic E-state index is -1.19. The van der Waals surface area contributed by atoms with Crippen LogP contribution in [0.4, 0.5) is 5.69 Å². The molecule has 0 fully saturated rings. The number of carbonyl (C=O) groups is 2. The number of likely N-dealkylation sites (N-methyl/N-ethyl adjacent to an activating group) is 1. The van der Waals surface area contributed by atoms with Gasteiger partial charge in [0.25, 0.3) is 0 Å². The fourth-order valence-corrected chi connectivity index (χ4v) is 2.55. The molecule has 1 aromatic carbocycles. The highest BCUT2D eigenvalue weighted by atomic mass is 16.4. The van der Waals surface area contributed by atoms with Crippen LogP contribution in [-0.4, -0.2) is 36.5 Å². The maximum Gasteiger partial charge on any atom is 0.332 e. The lowest BCUT2D eigenvalue weighted by Gasteiger charge is -2.30. The van der Waals surface area contributed by atoms with Gasteiger partial charge in [-0.05, 0) is 24.1 Å². The molecular formula is C14H18N2O3. The summed E-state index contributed by atoms with van der Waals surface area (Å²) in [6.45, 7) is 3.56. The van der Waals surface area contributed by atoms with Crippen LogP contribution in [-0.2, 0) is 11.3 Å². The average Bonchev–Trinajstić information content (AvgIpc) is 2.47. The van der Waals surface area contributed by atoms with Crippen LogP contribution in [0.3, 0.4) is 0 Å². The molecule has 0 radical (unpaired) electrons. The molecule has 102 valence electrons. The summed E-state index contributed by atoms with van der Waals surface area (Å²) in [4.78, 5) is 23.1. The van der Waals surface area contributed by atoms with E-state index in [0.29, 0.717) is 11.0 Å². The van der Waals surface area contributed by atoms with E-state index < -0.39 is 5.97 Å². The van der Waals surface area contributed by atoms with Gasteiger partial charge in [-0.3, -0.25) is 4.48 Å². The number of quaternary nitrogens is 1. The maximum absolute atomic E-state index is 12.2. The first-order valence-electron chi connectivity index (χ1n) is 6.42. The molecule has 1 heterocycles. The predicted octanol–water partition coefficient (Wildman–Crippen LogP) is 0.359. The minimum Gasteiger partial charge on any atom is -0.545 e. The summed E-state index contributed by atoms with van der Waals surface area (Å²) in [5.74, 6) is -1.07. The zero-order valence-corrected chi connectivity index (χ0v) is 11.2. The number of hydrogen-bond donors (Lipinski definition) is 1. The molecule has 0 aliphatic carbocycles. The molecular weight excluding hydrogens is 244 g/mol. The molecule has 5 nitrogen and oxygen atoms in total. The van der Waals surface area contributed by atoms with E-state index in [0.717, 1.165) is 24.2 Å². The second-order valence-corrected chi connectivity index (χ2v) is 5.18. The zero-order chi connectivity index (χ0) is 14.0. The number of carbonyl (C=O) groups excluding carboxylic acids is 2. The Balaban J connectivity index is 2.41. The molecule has 1 unspecified atom stereocenters. The standard InChI is InChI=1S/C14H18N2O3/c1-3-6-16(2)9-11-7-10(14(18)19)4-5-12(11)15-8-13(16)17/h4-5,7,15H,3,6,8-9H2,1-2H3. The minimum absolute atomic E-state index is 0.119. The van der Waals surface area contributed by atoms with Crippen LogP contribution in [0.15, 0.2) is 18.2 Å². The van der Waals surface area contributed by atoms with Gasteiger partial charge >= 0.3 is 5.91 Å². The number of anilines is 1. The third kappa shape index (κ3) is 2.61. The first-order chi connectivity index (χ1) is 8.96. The van der Waals surface area contributed by atoms with Gasteiger partial charge < -0.3 is 15.2 Å². The van der Waals surface area contributed by atoms with Gasteiger partial charge in [0.2, 0.25) is 0 Å². The highest BCUT2D eigenvalue weighted by Gasteiger charge is 2.34. The van der Waals surface area contributed by atoms with E-state index in [1.807, 2.05) is 14.0 Å². The topological polar surface area (TPSA) is 69.2 Å². The summed E-state index contributed by atoms with van der Waals surface area (Å²) in [7, 11) is 1.90. The Bertz CT molecular complexity index is 527. The number of carboxylic acid groups (broad SMARTS) is 1. The first kappa shape index (κ1) is 13.5. The second-order valence-electron chi connectivity index (χ2n) is 5.18. The van der Waals surface area contributed by atoms with Crippen molar-refractivity contribution >= 4 is 17.6 Å². The fraction of sp³-hybridized carbons (Fsp3) is 0.429. The first-order valence-corrected chi connectivity index (χ1v) is 6.42. The maximum atomic E-state index is 12.2. The summed E-state index contributed by atoms with van der Waals surface area (Å²) in [5.41, 5.74) is 1.83. The van der Waals surface area contributed by atoms with Crippen molar-refractivity contribution in [1.29, 1.82) is 0 Å². The third-order valence-electron chi connectivity index (χ3n) is 3.61. The lowest BCUT2D eigenvalue weighted by atomic mass is 10.1. The number of aromatic carboxylic acids is 1. The number of carboxylic acids is 1. The van der Waals surface area contributed by atoms with Crippen molar-refractivity contribution in [3.8, 4) is 0 Å². The molecule has 0 saturated carbocycles. The van der Waals surface area contributed by atoms with Gasteiger partial charge in [-0.2, -0.15) is 0 Å². The lowest BCUT2D eigenvalue weighted by molar-refractivity contribution is -0.847. The summed E-state index contributed by atoms with van der Waals surface area (Å²) >= 11 is 0. The molecule has 0 aromatic heterocycles. The van der Waals surface area contributed by atoms with Crippen molar-refractivity contribution in [1.82, 2.24) is 0 Å². The Morgan fingerprint density at radius 3 is 2.84 bits per heavy atom. The zero-order valence-electron chi connectivity index (χ0n) is 11.2. The van der Waals surface area contributed by atoms with Crippen molar-refractivity contribution in [2.45, 2.75) is 19.9 Å². The van der Waals surface area contributed by atoms with Crippen LogP contribution in [0.2, 0.25) is 0 Å². The Hall–Kier alpha value is -1.88. The van der Waals surface area contributed by atoms with Crippen molar-refractivity contribution in [3.05, 3.63) is 29.3 Å². The molecule has 0 saturated heterocycles. The molecule has 0 bridgehead atoms. The third-order valence-corrected chi connectivity index (χ3v) is 3.61. The number of rotatable bonds is 3. The van der Waals surface area contributed by atoms with Gasteiger partial charge in [-0.15, -0.1) is 0 Å². The van der Waals surface area contributed by atoms with Crippen LogP contribution < -0.4 is 10.4 Å². The van der Waals surface area contributed by atoms with Crippen molar-refractivity contribution in [2.24, 2.45) is 0 Å². The largest absolute Gasteiger partial charge is 0.545 e. The number of nitrogens with one attached hydrogen (secondary N) is 1. The predicted molar refractivity (Wildman–Crippen MR) is 69.3 cm³/mol. The Morgan fingerprint density at radius 1 is 1.47 bits per heavy atom. The normalized spacial score (nSPS) is 22.3. The number of hydrogen-bond acceptors (Lipinski definition) is 4. The molecule has 1 atom stereocenters. The quantitative estimate of drug-likeness (QED) is 0.798. The van der Waals surface area contributed by atoms with Crippen LogP contribution >= 0.6 is 0 Å². The van der Waals surface area contributed by atoms with E-state index in [2.05, 4.69) is 5.32 Å². The van der Waals surface area contributed by atoms with E-state index in [-0.39, 0.29) is 18.0 Å². The van der Waals surface area contributed by atoms with Gasteiger partial charge in [-0.1, -0.05) is 13.0 Å². The number of amides is 1. The monoisotopic (exact) mass is 262 g/mol. The van der Waals surface area contributed by atoms with E-state index in [4.69, 9.17) is 0 Å². The second kappa shape index (κ2) is 5.01. The lowest BCUT2D eigenvalue weighted by Crippen LogP contribution is -2.50. The van der Waals surface area contributed by atoms with Gasteiger partial charge in [-0.25, -0.2) is 4.79 Å². The molecule has 1 amide bonds. The molecule has 5 heteroatoms. The SMILES string of the molecule is CCC[N+]1(C)Cc2cc(C(=O)[O-])ccc2NCC1=O. The van der Waals surface area contributed by atoms with E-state index in [9.17, 15) is 14.7 Å². The molecule has 1 aromatic rings. The number of fused-ring (bicyclic) bond motifs is 1. The van der Waals surface area contributed by atoms with Gasteiger partial charge in [0.1, 0.15) is 13.1 Å². The van der Waals surface area contributed by atoms with Crippen molar-refractivity contribution < 1.29 is 19.2 Å². The van der Waals surface area contributed by atoms with Crippen molar-refractivity contribution in [3.63, 3.8) is 0 Å².